The lowest BCUT2D eigenvalue weighted by molar-refractivity contribution is -0.384. The zero-order valence-electron chi connectivity index (χ0n) is 10.1. The van der Waals surface area contributed by atoms with Crippen molar-refractivity contribution in [1.29, 1.82) is 0 Å². The van der Waals surface area contributed by atoms with Gasteiger partial charge in [0.25, 0.3) is 11.2 Å². The molecule has 3 aromatic rings. The number of rotatable bonds is 2. The first-order valence-electron chi connectivity index (χ1n) is 5.59. The Hall–Kier alpha value is -1.77. The van der Waals surface area contributed by atoms with Crippen molar-refractivity contribution >= 4 is 49.4 Å². The average Bonchev–Trinajstić information content (AvgIpc) is 2.82. The number of pyridine rings is 1. The van der Waals surface area contributed by atoms with Crippen molar-refractivity contribution in [2.75, 3.05) is 0 Å². The van der Waals surface area contributed by atoms with Crippen molar-refractivity contribution in [3.63, 3.8) is 0 Å². The lowest BCUT2D eigenvalue weighted by Gasteiger charge is -1.98. The normalized spacial score (nSPS) is 11.0. The number of benzene rings is 1. The molecule has 0 radical (unpaired) electrons. The van der Waals surface area contributed by atoms with Gasteiger partial charge in [0.05, 0.1) is 4.92 Å². The van der Waals surface area contributed by atoms with Crippen LogP contribution in [0.5, 0.6) is 0 Å². The van der Waals surface area contributed by atoms with Gasteiger partial charge in [-0.1, -0.05) is 38.9 Å². The van der Waals surface area contributed by atoms with Crippen molar-refractivity contribution in [1.82, 2.24) is 9.61 Å². The summed E-state index contributed by atoms with van der Waals surface area (Å²) in [6.07, 6.45) is 0. The number of hydrogen-bond acceptors (Lipinski definition) is 5. The van der Waals surface area contributed by atoms with E-state index in [-0.39, 0.29) is 11.2 Å². The van der Waals surface area contributed by atoms with E-state index in [1.54, 1.807) is 12.1 Å². The first-order valence-corrected chi connectivity index (χ1v) is 7.57. The van der Waals surface area contributed by atoms with Gasteiger partial charge in [0.15, 0.2) is 0 Å². The number of nitro groups is 1. The summed E-state index contributed by atoms with van der Waals surface area (Å²) in [6, 6.07) is 7.41. The Bertz CT molecular complexity index is 937. The lowest BCUT2D eigenvalue weighted by Crippen LogP contribution is -2.11. The molecule has 2 aromatic heterocycles. The Morgan fingerprint density at radius 3 is 2.76 bits per heavy atom. The molecule has 0 saturated heterocycles. The van der Waals surface area contributed by atoms with Gasteiger partial charge in [0, 0.05) is 33.3 Å². The van der Waals surface area contributed by atoms with Crippen LogP contribution >= 0.6 is 38.9 Å². The summed E-state index contributed by atoms with van der Waals surface area (Å²) in [4.78, 5) is 22.8. The predicted octanol–water partition coefficient (Wildman–Crippen LogP) is 3.75. The Labute approximate surface area is 134 Å². The van der Waals surface area contributed by atoms with Crippen LogP contribution in [0.3, 0.4) is 0 Å². The minimum atomic E-state index is -0.482. The van der Waals surface area contributed by atoms with E-state index >= 15 is 0 Å². The maximum atomic E-state index is 11.8. The summed E-state index contributed by atoms with van der Waals surface area (Å²) in [6.45, 7) is 0. The smallest absolute Gasteiger partial charge is 0.267 e. The number of nitro benzene ring substituents is 1. The second kappa shape index (κ2) is 5.21. The van der Waals surface area contributed by atoms with Gasteiger partial charge in [-0.3, -0.25) is 14.9 Å². The molecule has 0 atom stereocenters. The Balaban J connectivity index is 2.23. The largest absolute Gasteiger partial charge is 0.273 e. The lowest BCUT2D eigenvalue weighted by atomic mass is 10.2. The maximum Gasteiger partial charge on any atom is 0.273 e. The molecule has 0 saturated carbocycles. The third-order valence-corrected chi connectivity index (χ3v) is 4.36. The Morgan fingerprint density at radius 2 is 2.05 bits per heavy atom. The zero-order chi connectivity index (χ0) is 15.1. The Morgan fingerprint density at radius 1 is 1.29 bits per heavy atom. The van der Waals surface area contributed by atoms with E-state index in [0.29, 0.717) is 24.9 Å². The van der Waals surface area contributed by atoms with Gasteiger partial charge in [0.1, 0.15) is 9.84 Å². The van der Waals surface area contributed by atoms with Crippen LogP contribution in [0.2, 0.25) is 5.02 Å². The first kappa shape index (κ1) is 14.2. The molecule has 0 aliphatic rings. The molecule has 1 aromatic carbocycles. The molecule has 0 N–H and O–H groups in total. The van der Waals surface area contributed by atoms with Crippen molar-refractivity contribution in [3.8, 4) is 10.6 Å². The molecule has 3 rings (SSSR count). The zero-order valence-corrected chi connectivity index (χ0v) is 13.3. The molecule has 0 fully saturated rings. The highest BCUT2D eigenvalue weighted by Gasteiger charge is 2.14. The summed E-state index contributed by atoms with van der Waals surface area (Å²) < 4.78 is 1.79. The summed E-state index contributed by atoms with van der Waals surface area (Å²) in [5, 5.41) is 15.9. The van der Waals surface area contributed by atoms with E-state index in [4.69, 9.17) is 11.6 Å². The van der Waals surface area contributed by atoms with Crippen LogP contribution in [0.1, 0.15) is 0 Å². The predicted molar refractivity (Wildman–Crippen MR) is 84.1 cm³/mol. The maximum absolute atomic E-state index is 11.8. The second-order valence-electron chi connectivity index (χ2n) is 4.12. The first-order chi connectivity index (χ1) is 9.94. The number of non-ortho nitro benzene ring substituents is 1. The van der Waals surface area contributed by atoms with Crippen molar-refractivity contribution in [2.24, 2.45) is 0 Å². The highest BCUT2D eigenvalue weighted by Crippen LogP contribution is 2.31. The molecule has 0 unspecified atom stereocenters. The molecule has 9 heteroatoms. The molecule has 0 aliphatic heterocycles. The van der Waals surface area contributed by atoms with E-state index in [1.165, 1.54) is 34.1 Å². The second-order valence-corrected chi connectivity index (χ2v) is 6.49. The summed E-state index contributed by atoms with van der Waals surface area (Å²) >= 11 is 10.3. The van der Waals surface area contributed by atoms with Gasteiger partial charge in [-0.05, 0) is 12.1 Å². The monoisotopic (exact) mass is 385 g/mol. The molecule has 0 bridgehead atoms. The number of hydrogen-bond donors (Lipinski definition) is 0. The summed E-state index contributed by atoms with van der Waals surface area (Å²) in [5.41, 5.74) is 0.161. The van der Waals surface area contributed by atoms with Crippen LogP contribution in [0.15, 0.2) is 39.6 Å². The topological polar surface area (TPSA) is 77.5 Å². The number of nitrogens with zero attached hydrogens (tertiary/aromatic N) is 3. The van der Waals surface area contributed by atoms with E-state index in [1.807, 2.05) is 0 Å². The van der Waals surface area contributed by atoms with Crippen LogP contribution in [0.25, 0.3) is 15.4 Å². The number of aromatic nitrogens is 2. The quantitative estimate of drug-likeness (QED) is 0.496. The fourth-order valence-corrected chi connectivity index (χ4v) is 3.51. The fourth-order valence-electron chi connectivity index (χ4n) is 1.81. The fraction of sp³-hybridized carbons (Fsp3) is 0. The number of halogens is 2. The number of fused-ring (bicyclic) bond motifs is 1. The molecular formula is C12H5BrClN3O3S. The van der Waals surface area contributed by atoms with Gasteiger partial charge < -0.3 is 0 Å². The van der Waals surface area contributed by atoms with Gasteiger partial charge in [-0.2, -0.15) is 9.61 Å². The molecule has 106 valence electrons. The Kier molecular flexibility index (Phi) is 3.52. The standard InChI is InChI=1S/C12H5BrClN3O3S/c13-7-1-6(2-9(3-7)17(19)20)12-15-16-10(18)4-8(14)5-11(16)21-12/h1-5H. The highest BCUT2D eigenvalue weighted by molar-refractivity contribution is 9.10. The molecule has 6 nitrogen and oxygen atoms in total. The van der Waals surface area contributed by atoms with Gasteiger partial charge in [-0.25, -0.2) is 0 Å². The van der Waals surface area contributed by atoms with Gasteiger partial charge in [0.2, 0.25) is 0 Å². The molecular weight excluding hydrogens is 382 g/mol. The summed E-state index contributed by atoms with van der Waals surface area (Å²) in [5.74, 6) is 0. The van der Waals surface area contributed by atoms with Crippen LogP contribution in [0.4, 0.5) is 5.69 Å². The van der Waals surface area contributed by atoms with Gasteiger partial charge in [-0.15, -0.1) is 0 Å². The highest BCUT2D eigenvalue weighted by atomic mass is 79.9. The van der Waals surface area contributed by atoms with E-state index in [9.17, 15) is 14.9 Å². The van der Waals surface area contributed by atoms with Crippen molar-refractivity contribution in [3.05, 3.63) is 60.3 Å². The van der Waals surface area contributed by atoms with Crippen molar-refractivity contribution < 1.29 is 4.92 Å². The van der Waals surface area contributed by atoms with E-state index in [0.717, 1.165) is 0 Å². The van der Waals surface area contributed by atoms with E-state index in [2.05, 4.69) is 21.0 Å². The van der Waals surface area contributed by atoms with Crippen LogP contribution in [0, 0.1) is 10.1 Å². The van der Waals surface area contributed by atoms with Crippen LogP contribution in [-0.2, 0) is 0 Å². The average molecular weight is 387 g/mol. The van der Waals surface area contributed by atoms with Crippen LogP contribution < -0.4 is 5.56 Å². The minimum Gasteiger partial charge on any atom is -0.267 e. The molecule has 0 aliphatic carbocycles. The molecule has 2 heterocycles. The summed E-state index contributed by atoms with van der Waals surface area (Å²) in [7, 11) is 0. The SMILES string of the molecule is O=c1cc(Cl)cc2sc(-c3cc(Br)cc([N+](=O)[O-])c3)nn12. The minimum absolute atomic E-state index is 0.0518. The third kappa shape index (κ3) is 2.69. The molecule has 0 spiro atoms. The van der Waals surface area contributed by atoms with E-state index < -0.39 is 4.92 Å². The molecule has 0 amide bonds. The molecule has 21 heavy (non-hydrogen) atoms. The van der Waals surface area contributed by atoms with Crippen molar-refractivity contribution in [2.45, 2.75) is 0 Å². The van der Waals surface area contributed by atoms with Crippen LogP contribution in [-0.4, -0.2) is 14.5 Å². The van der Waals surface area contributed by atoms with Gasteiger partial charge >= 0.3 is 0 Å². The third-order valence-electron chi connectivity index (χ3n) is 2.67.